The third kappa shape index (κ3) is 3.37. The normalized spacial score (nSPS) is 10.9. The standard InChI is InChI=1S/C12H11NO7/c1-19-10-5-7(9(14)3-4-12(15)16)8(13(17)18)6-11(10)20-2/h5-6,9,14H,1-2H3,(H,15,16)/p-1. The molecule has 0 amide bonds. The number of aliphatic carboxylic acids is 1. The van der Waals surface area contributed by atoms with Crippen molar-refractivity contribution < 1.29 is 29.4 Å². The van der Waals surface area contributed by atoms with Crippen LogP contribution < -0.4 is 14.6 Å². The molecule has 1 N–H and O–H groups in total. The van der Waals surface area contributed by atoms with Crippen LogP contribution in [0.2, 0.25) is 0 Å². The highest BCUT2D eigenvalue weighted by Gasteiger charge is 2.23. The molecule has 8 nitrogen and oxygen atoms in total. The van der Waals surface area contributed by atoms with Crippen LogP contribution in [-0.4, -0.2) is 30.2 Å². The van der Waals surface area contributed by atoms with Gasteiger partial charge in [-0.05, 0) is 12.0 Å². The van der Waals surface area contributed by atoms with E-state index in [0.717, 1.165) is 12.1 Å². The van der Waals surface area contributed by atoms with Crippen molar-refractivity contribution in [3.8, 4) is 23.3 Å². The minimum atomic E-state index is -1.70. The monoisotopic (exact) mass is 280 g/mol. The smallest absolute Gasteiger partial charge is 0.280 e. The molecular weight excluding hydrogens is 270 g/mol. The molecule has 20 heavy (non-hydrogen) atoms. The van der Waals surface area contributed by atoms with Gasteiger partial charge in [-0.25, -0.2) is 0 Å². The van der Waals surface area contributed by atoms with Gasteiger partial charge in [-0.3, -0.25) is 10.1 Å². The van der Waals surface area contributed by atoms with Crippen LogP contribution in [0.1, 0.15) is 11.7 Å². The molecule has 1 rings (SSSR count). The van der Waals surface area contributed by atoms with Gasteiger partial charge in [-0.1, -0.05) is 5.92 Å². The van der Waals surface area contributed by atoms with Crippen molar-refractivity contribution in [2.75, 3.05) is 14.2 Å². The molecule has 106 valence electrons. The lowest BCUT2D eigenvalue weighted by Gasteiger charge is -2.11. The van der Waals surface area contributed by atoms with Gasteiger partial charge in [-0.15, -0.1) is 0 Å². The summed E-state index contributed by atoms with van der Waals surface area (Å²) in [5.74, 6) is 2.05. The van der Waals surface area contributed by atoms with E-state index in [2.05, 4.69) is 0 Å². The Bertz CT molecular complexity index is 600. The van der Waals surface area contributed by atoms with Crippen LogP contribution in [-0.2, 0) is 4.79 Å². The van der Waals surface area contributed by atoms with E-state index in [0.29, 0.717) is 0 Å². The average molecular weight is 280 g/mol. The molecule has 0 saturated heterocycles. The topological polar surface area (TPSA) is 122 Å². The van der Waals surface area contributed by atoms with E-state index in [-0.39, 0.29) is 17.1 Å². The van der Waals surface area contributed by atoms with E-state index in [9.17, 15) is 25.1 Å². The number of methoxy groups -OCH3 is 2. The van der Waals surface area contributed by atoms with Crippen LogP contribution in [0.4, 0.5) is 5.69 Å². The summed E-state index contributed by atoms with van der Waals surface area (Å²) in [4.78, 5) is 20.4. The van der Waals surface area contributed by atoms with Crippen molar-refractivity contribution in [3.05, 3.63) is 27.8 Å². The number of carbonyl (C=O) groups excluding carboxylic acids is 1. The number of carboxylic acids is 1. The molecule has 0 saturated carbocycles. The summed E-state index contributed by atoms with van der Waals surface area (Å²) in [5, 5.41) is 30.9. The van der Waals surface area contributed by atoms with Crippen LogP contribution in [0, 0.1) is 22.0 Å². The molecule has 1 unspecified atom stereocenters. The molecule has 1 aromatic carbocycles. The number of hydrogen-bond acceptors (Lipinski definition) is 7. The van der Waals surface area contributed by atoms with Crippen molar-refractivity contribution >= 4 is 11.7 Å². The maximum Gasteiger partial charge on any atom is 0.280 e. The first-order chi connectivity index (χ1) is 9.40. The van der Waals surface area contributed by atoms with Gasteiger partial charge in [-0.2, -0.15) is 0 Å². The number of hydrogen-bond donors (Lipinski definition) is 1. The second-order valence-corrected chi connectivity index (χ2v) is 3.48. The Morgan fingerprint density at radius 1 is 1.35 bits per heavy atom. The highest BCUT2D eigenvalue weighted by atomic mass is 16.6. The second-order valence-electron chi connectivity index (χ2n) is 3.48. The maximum absolute atomic E-state index is 11.0. The van der Waals surface area contributed by atoms with Crippen molar-refractivity contribution in [2.45, 2.75) is 6.10 Å². The first-order valence-electron chi connectivity index (χ1n) is 5.21. The average Bonchev–Trinajstić information content (AvgIpc) is 2.42. The molecule has 0 bridgehead atoms. The summed E-state index contributed by atoms with van der Waals surface area (Å²) >= 11 is 0. The highest BCUT2D eigenvalue weighted by Crippen LogP contribution is 2.37. The van der Waals surface area contributed by atoms with E-state index in [1.165, 1.54) is 14.2 Å². The van der Waals surface area contributed by atoms with Gasteiger partial charge in [0, 0.05) is 0 Å². The molecule has 0 aliphatic rings. The molecule has 1 aromatic rings. The predicted molar refractivity (Wildman–Crippen MR) is 63.9 cm³/mol. The lowest BCUT2D eigenvalue weighted by Crippen LogP contribution is -2.19. The summed E-state index contributed by atoms with van der Waals surface area (Å²) in [7, 11) is 2.61. The number of nitro benzene ring substituents is 1. The number of aliphatic hydroxyl groups is 1. The summed E-state index contributed by atoms with van der Waals surface area (Å²) < 4.78 is 9.86. The molecule has 1 atom stereocenters. The van der Waals surface area contributed by atoms with E-state index < -0.39 is 22.7 Å². The molecule has 0 fully saturated rings. The van der Waals surface area contributed by atoms with Gasteiger partial charge in [0.15, 0.2) is 11.5 Å². The van der Waals surface area contributed by atoms with Gasteiger partial charge in [0.2, 0.25) is 0 Å². The zero-order chi connectivity index (χ0) is 15.3. The molecule has 0 aromatic heterocycles. The number of aliphatic hydroxyl groups excluding tert-OH is 1. The number of benzene rings is 1. The number of carbonyl (C=O) groups is 1. The number of nitrogens with zero attached hydrogens (tertiary/aromatic N) is 1. The number of nitro groups is 1. The Morgan fingerprint density at radius 2 is 1.90 bits per heavy atom. The Morgan fingerprint density at radius 3 is 2.35 bits per heavy atom. The fraction of sp³-hybridized carbons (Fsp3) is 0.250. The van der Waals surface area contributed by atoms with Gasteiger partial charge >= 0.3 is 0 Å². The van der Waals surface area contributed by atoms with Gasteiger partial charge in [0.25, 0.3) is 5.69 Å². The Balaban J connectivity index is 3.40. The predicted octanol–water partition coefficient (Wildman–Crippen LogP) is -0.601. The van der Waals surface area contributed by atoms with Crippen molar-refractivity contribution in [1.29, 1.82) is 0 Å². The fourth-order valence-corrected chi connectivity index (χ4v) is 1.47. The van der Waals surface area contributed by atoms with Crippen LogP contribution in [0.3, 0.4) is 0 Å². The maximum atomic E-state index is 11.0. The lowest BCUT2D eigenvalue weighted by molar-refractivity contribution is -0.386. The van der Waals surface area contributed by atoms with Crippen LogP contribution >= 0.6 is 0 Å². The van der Waals surface area contributed by atoms with Crippen molar-refractivity contribution in [1.82, 2.24) is 0 Å². The molecule has 8 heteroatoms. The fourth-order valence-electron chi connectivity index (χ4n) is 1.47. The molecule has 0 heterocycles. The summed E-state index contributed by atoms with van der Waals surface area (Å²) in [5.41, 5.74) is -0.677. The quantitative estimate of drug-likeness (QED) is 0.443. The van der Waals surface area contributed by atoms with Crippen LogP contribution in [0.5, 0.6) is 11.5 Å². The molecule has 0 aliphatic carbocycles. The highest BCUT2D eigenvalue weighted by molar-refractivity contribution is 5.84. The second kappa shape index (κ2) is 6.40. The number of carboxylic acid groups (broad SMARTS) is 1. The Labute approximate surface area is 113 Å². The van der Waals surface area contributed by atoms with E-state index in [1.807, 2.05) is 5.92 Å². The summed E-state index contributed by atoms with van der Waals surface area (Å²) in [6, 6.07) is 2.21. The molecule has 0 radical (unpaired) electrons. The van der Waals surface area contributed by atoms with Crippen LogP contribution in [0.15, 0.2) is 12.1 Å². The van der Waals surface area contributed by atoms with Gasteiger partial charge < -0.3 is 24.5 Å². The van der Waals surface area contributed by atoms with Crippen molar-refractivity contribution in [2.24, 2.45) is 0 Å². The summed E-state index contributed by atoms with van der Waals surface area (Å²) in [6.07, 6.45) is -1.67. The Hall–Kier alpha value is -2.79. The Kier molecular flexibility index (Phi) is 4.88. The number of ether oxygens (including phenoxy) is 2. The minimum Gasteiger partial charge on any atom is -0.537 e. The largest absolute Gasteiger partial charge is 0.537 e. The third-order valence-corrected chi connectivity index (χ3v) is 2.34. The minimum absolute atomic E-state index is 0.100. The lowest BCUT2D eigenvalue weighted by atomic mass is 10.1. The van der Waals surface area contributed by atoms with Gasteiger partial charge in [0.05, 0.1) is 30.8 Å². The molecule has 0 spiro atoms. The zero-order valence-corrected chi connectivity index (χ0v) is 10.6. The zero-order valence-electron chi connectivity index (χ0n) is 10.6. The molecule has 0 aliphatic heterocycles. The van der Waals surface area contributed by atoms with Crippen molar-refractivity contribution in [3.63, 3.8) is 0 Å². The SMILES string of the molecule is COc1cc(C(O)C#CC(=O)[O-])c([N+](=O)[O-])cc1OC. The summed E-state index contributed by atoms with van der Waals surface area (Å²) in [6.45, 7) is 0. The van der Waals surface area contributed by atoms with E-state index in [1.54, 1.807) is 5.92 Å². The van der Waals surface area contributed by atoms with E-state index >= 15 is 0 Å². The first kappa shape index (κ1) is 15.3. The first-order valence-corrected chi connectivity index (χ1v) is 5.21. The van der Waals surface area contributed by atoms with Gasteiger partial charge in [0.1, 0.15) is 12.1 Å². The third-order valence-electron chi connectivity index (χ3n) is 2.34. The van der Waals surface area contributed by atoms with Crippen LogP contribution in [0.25, 0.3) is 0 Å². The van der Waals surface area contributed by atoms with E-state index in [4.69, 9.17) is 9.47 Å². The molecular formula is C12H10NO7-. The number of rotatable bonds is 4.